The minimum Gasteiger partial charge on any atom is -0.395 e. The van der Waals surface area contributed by atoms with Gasteiger partial charge in [-0.25, -0.2) is 0 Å². The second-order valence-electron chi connectivity index (χ2n) is 3.78. The van der Waals surface area contributed by atoms with Crippen LogP contribution in [0.1, 0.15) is 5.56 Å². The van der Waals surface area contributed by atoms with Gasteiger partial charge < -0.3 is 14.7 Å². The lowest BCUT2D eigenvalue weighted by molar-refractivity contribution is 0.0995. The van der Waals surface area contributed by atoms with Crippen molar-refractivity contribution >= 4 is 5.69 Å². The fraction of sp³-hybridized carbons (Fsp3) is 0.500. The third-order valence-electron chi connectivity index (χ3n) is 2.21. The molecule has 0 spiro atoms. The first-order valence-corrected chi connectivity index (χ1v) is 5.39. The molecule has 1 rings (SSSR count). The van der Waals surface area contributed by atoms with E-state index < -0.39 is 0 Å². The van der Waals surface area contributed by atoms with Crippen LogP contribution in [0.3, 0.4) is 0 Å². The predicted molar refractivity (Wildman–Crippen MR) is 65.5 cm³/mol. The zero-order valence-corrected chi connectivity index (χ0v) is 9.94. The molecule has 0 atom stereocenters. The van der Waals surface area contributed by atoms with E-state index in [1.807, 2.05) is 14.1 Å². The summed E-state index contributed by atoms with van der Waals surface area (Å²) in [5.74, 6) is 0. The quantitative estimate of drug-likeness (QED) is 0.531. The van der Waals surface area contributed by atoms with Crippen LogP contribution < -0.4 is 10.2 Å². The lowest BCUT2D eigenvalue weighted by atomic mass is 10.2. The number of rotatable bonds is 7. The summed E-state index contributed by atoms with van der Waals surface area (Å²) in [5.41, 5.74) is 2.33. The van der Waals surface area contributed by atoms with E-state index >= 15 is 0 Å². The largest absolute Gasteiger partial charge is 0.395 e. The van der Waals surface area contributed by atoms with Gasteiger partial charge in [0.05, 0.1) is 19.9 Å². The number of aliphatic hydroxyl groups is 1. The van der Waals surface area contributed by atoms with E-state index in [9.17, 15) is 0 Å². The highest BCUT2D eigenvalue weighted by atomic mass is 16.5. The van der Waals surface area contributed by atoms with Crippen molar-refractivity contribution in [2.24, 2.45) is 0 Å². The van der Waals surface area contributed by atoms with Crippen molar-refractivity contribution in [3.05, 3.63) is 29.8 Å². The summed E-state index contributed by atoms with van der Waals surface area (Å²) in [6.45, 7) is 1.77. The zero-order valence-electron chi connectivity index (χ0n) is 9.94. The van der Waals surface area contributed by atoms with Gasteiger partial charge in [0.2, 0.25) is 0 Å². The zero-order chi connectivity index (χ0) is 11.8. The summed E-state index contributed by atoms with van der Waals surface area (Å²) >= 11 is 0. The summed E-state index contributed by atoms with van der Waals surface area (Å²) in [5, 5.41) is 11.5. The molecule has 0 bridgehead atoms. The normalized spacial score (nSPS) is 10.4. The molecule has 16 heavy (non-hydrogen) atoms. The molecule has 0 aromatic heterocycles. The molecule has 1 aromatic rings. The molecule has 4 nitrogen and oxygen atoms in total. The van der Waals surface area contributed by atoms with Crippen LogP contribution in [0.4, 0.5) is 5.69 Å². The lowest BCUT2D eigenvalue weighted by Crippen LogP contribution is -2.21. The van der Waals surface area contributed by atoms with Crippen LogP contribution in [-0.4, -0.2) is 39.1 Å². The minimum absolute atomic E-state index is 0.140. The lowest BCUT2D eigenvalue weighted by Gasteiger charge is -2.12. The molecule has 2 N–H and O–H groups in total. The number of nitrogens with zero attached hydrogens (tertiary/aromatic N) is 1. The Kier molecular flexibility index (Phi) is 5.85. The Morgan fingerprint density at radius 3 is 2.50 bits per heavy atom. The van der Waals surface area contributed by atoms with E-state index in [-0.39, 0.29) is 6.61 Å². The highest BCUT2D eigenvalue weighted by Gasteiger charge is 1.96. The van der Waals surface area contributed by atoms with Crippen LogP contribution in [0.25, 0.3) is 0 Å². The molecule has 4 heteroatoms. The number of anilines is 1. The monoisotopic (exact) mass is 224 g/mol. The molecule has 0 radical (unpaired) electrons. The number of ether oxygens (including phenoxy) is 1. The minimum atomic E-state index is 0.140. The Bertz CT molecular complexity index is 286. The Morgan fingerprint density at radius 2 is 1.94 bits per heavy atom. The number of nitrogens with one attached hydrogen (secondary N) is 1. The Balaban J connectivity index is 2.27. The Hall–Kier alpha value is -1.10. The summed E-state index contributed by atoms with van der Waals surface area (Å²) in [6, 6.07) is 8.25. The Labute approximate surface area is 96.8 Å². The third kappa shape index (κ3) is 4.61. The molecule has 0 aliphatic rings. The van der Waals surface area contributed by atoms with Gasteiger partial charge in [-0.2, -0.15) is 0 Å². The molecule has 0 saturated heterocycles. The highest BCUT2D eigenvalue weighted by molar-refractivity contribution is 5.45. The topological polar surface area (TPSA) is 44.7 Å². The standard InChI is InChI=1S/C12H20N2O2/c1-14(2)12-5-3-11(4-6-12)9-16-10-13-7-8-15/h3-6,13,15H,7-10H2,1-2H3. The SMILES string of the molecule is CN(C)c1ccc(COCNCCO)cc1. The van der Waals surface area contributed by atoms with Crippen molar-refractivity contribution in [2.75, 3.05) is 38.9 Å². The van der Waals surface area contributed by atoms with E-state index in [4.69, 9.17) is 9.84 Å². The smallest absolute Gasteiger partial charge is 0.0970 e. The van der Waals surface area contributed by atoms with Crippen molar-refractivity contribution in [1.82, 2.24) is 5.32 Å². The van der Waals surface area contributed by atoms with Gasteiger partial charge >= 0.3 is 0 Å². The fourth-order valence-corrected chi connectivity index (χ4v) is 1.28. The van der Waals surface area contributed by atoms with Crippen LogP contribution in [0.2, 0.25) is 0 Å². The van der Waals surface area contributed by atoms with Crippen LogP contribution in [-0.2, 0) is 11.3 Å². The maximum atomic E-state index is 8.54. The third-order valence-corrected chi connectivity index (χ3v) is 2.21. The van der Waals surface area contributed by atoms with Gasteiger partial charge in [0, 0.05) is 26.3 Å². The van der Waals surface area contributed by atoms with Gasteiger partial charge in [-0.3, -0.25) is 5.32 Å². The second-order valence-corrected chi connectivity index (χ2v) is 3.78. The van der Waals surface area contributed by atoms with Crippen LogP contribution in [0, 0.1) is 0 Å². The first-order valence-electron chi connectivity index (χ1n) is 5.39. The average Bonchev–Trinajstić information content (AvgIpc) is 2.29. The molecule has 0 unspecified atom stereocenters. The molecule has 1 aromatic carbocycles. The van der Waals surface area contributed by atoms with Gasteiger partial charge in [0.1, 0.15) is 0 Å². The number of hydrogen-bond donors (Lipinski definition) is 2. The van der Waals surface area contributed by atoms with Crippen molar-refractivity contribution in [3.8, 4) is 0 Å². The van der Waals surface area contributed by atoms with Gasteiger partial charge in [-0.15, -0.1) is 0 Å². The predicted octanol–water partition coefficient (Wildman–Crippen LogP) is 0.809. The van der Waals surface area contributed by atoms with Crippen LogP contribution in [0.15, 0.2) is 24.3 Å². The van der Waals surface area contributed by atoms with Crippen LogP contribution in [0.5, 0.6) is 0 Å². The van der Waals surface area contributed by atoms with Gasteiger partial charge in [-0.1, -0.05) is 12.1 Å². The van der Waals surface area contributed by atoms with Crippen molar-refractivity contribution in [1.29, 1.82) is 0 Å². The summed E-state index contributed by atoms with van der Waals surface area (Å²) in [7, 11) is 4.04. The Morgan fingerprint density at radius 1 is 1.25 bits per heavy atom. The molecule has 0 fully saturated rings. The molecular formula is C12H20N2O2. The number of aliphatic hydroxyl groups excluding tert-OH is 1. The van der Waals surface area contributed by atoms with Crippen LogP contribution >= 0.6 is 0 Å². The average molecular weight is 224 g/mol. The molecule has 0 aliphatic carbocycles. The fourth-order valence-electron chi connectivity index (χ4n) is 1.28. The maximum absolute atomic E-state index is 8.54. The van der Waals surface area contributed by atoms with Gasteiger partial charge in [0.15, 0.2) is 0 Å². The molecule has 0 amide bonds. The second kappa shape index (κ2) is 7.22. The molecule has 0 heterocycles. The molecular weight excluding hydrogens is 204 g/mol. The number of hydrogen-bond acceptors (Lipinski definition) is 4. The summed E-state index contributed by atoms with van der Waals surface area (Å²) < 4.78 is 5.39. The molecule has 0 aliphatic heterocycles. The van der Waals surface area contributed by atoms with Crippen molar-refractivity contribution in [3.63, 3.8) is 0 Å². The van der Waals surface area contributed by atoms with E-state index in [2.05, 4.69) is 34.5 Å². The number of benzene rings is 1. The van der Waals surface area contributed by atoms with Crippen molar-refractivity contribution < 1.29 is 9.84 Å². The highest BCUT2D eigenvalue weighted by Crippen LogP contribution is 2.12. The maximum Gasteiger partial charge on any atom is 0.0970 e. The molecule has 0 saturated carbocycles. The van der Waals surface area contributed by atoms with E-state index in [1.165, 1.54) is 5.69 Å². The van der Waals surface area contributed by atoms with E-state index in [1.54, 1.807) is 0 Å². The van der Waals surface area contributed by atoms with Crippen molar-refractivity contribution in [2.45, 2.75) is 6.61 Å². The first kappa shape index (κ1) is 13.0. The van der Waals surface area contributed by atoms with E-state index in [0.29, 0.717) is 19.9 Å². The first-order chi connectivity index (χ1) is 7.74. The van der Waals surface area contributed by atoms with E-state index in [0.717, 1.165) is 5.56 Å². The van der Waals surface area contributed by atoms with Gasteiger partial charge in [-0.05, 0) is 17.7 Å². The summed E-state index contributed by atoms with van der Waals surface area (Å²) in [6.07, 6.45) is 0. The van der Waals surface area contributed by atoms with Gasteiger partial charge in [0.25, 0.3) is 0 Å². The summed E-state index contributed by atoms with van der Waals surface area (Å²) in [4.78, 5) is 2.06. The molecule has 90 valence electrons.